The first-order valence-electron chi connectivity index (χ1n) is 6.72. The van der Waals surface area contributed by atoms with Crippen molar-refractivity contribution >= 4 is 5.69 Å². The van der Waals surface area contributed by atoms with Gasteiger partial charge in [-0.15, -0.1) is 0 Å². The molecule has 1 aromatic carbocycles. The van der Waals surface area contributed by atoms with E-state index in [0.29, 0.717) is 6.04 Å². The minimum absolute atomic E-state index is 0.0331. The summed E-state index contributed by atoms with van der Waals surface area (Å²) in [6.07, 6.45) is 1.12. The number of hydrogen-bond donors (Lipinski definition) is 1. The summed E-state index contributed by atoms with van der Waals surface area (Å²) in [5.74, 6) is 0.879. The van der Waals surface area contributed by atoms with Gasteiger partial charge in [-0.05, 0) is 39.3 Å². The maximum atomic E-state index is 6.12. The van der Waals surface area contributed by atoms with Gasteiger partial charge in [-0.2, -0.15) is 0 Å². The fraction of sp³-hybridized carbons (Fsp3) is 0.600. The van der Waals surface area contributed by atoms with Crippen molar-refractivity contribution in [3.8, 4) is 5.75 Å². The maximum Gasteiger partial charge on any atom is 0.125 e. The summed E-state index contributed by atoms with van der Waals surface area (Å²) in [6, 6.07) is 6.57. The van der Waals surface area contributed by atoms with Crippen molar-refractivity contribution in [3.63, 3.8) is 0 Å². The highest BCUT2D eigenvalue weighted by atomic mass is 16.5. The van der Waals surface area contributed by atoms with Gasteiger partial charge < -0.3 is 15.4 Å². The SMILES string of the molecule is CCCN(c1cccc(OC)c1[C@@H](C)N)C(C)C. The van der Waals surface area contributed by atoms with Gasteiger partial charge in [0, 0.05) is 29.9 Å². The largest absolute Gasteiger partial charge is 0.496 e. The van der Waals surface area contributed by atoms with Crippen LogP contribution in [0.15, 0.2) is 18.2 Å². The van der Waals surface area contributed by atoms with Gasteiger partial charge in [-0.25, -0.2) is 0 Å². The third kappa shape index (κ3) is 3.16. The second-order valence-electron chi connectivity index (χ2n) is 4.97. The molecule has 0 saturated carbocycles. The maximum absolute atomic E-state index is 6.12. The molecule has 0 aliphatic rings. The highest BCUT2D eigenvalue weighted by Gasteiger charge is 2.19. The molecule has 0 aromatic heterocycles. The van der Waals surface area contributed by atoms with E-state index in [-0.39, 0.29) is 6.04 Å². The summed E-state index contributed by atoms with van der Waals surface area (Å²) >= 11 is 0. The molecule has 0 bridgehead atoms. The second kappa shape index (κ2) is 6.64. The summed E-state index contributed by atoms with van der Waals surface area (Å²) in [7, 11) is 1.70. The smallest absolute Gasteiger partial charge is 0.125 e. The van der Waals surface area contributed by atoms with Crippen molar-refractivity contribution in [1.29, 1.82) is 0 Å². The molecule has 0 heterocycles. The zero-order valence-corrected chi connectivity index (χ0v) is 12.2. The molecular formula is C15H26N2O. The molecule has 3 heteroatoms. The number of rotatable bonds is 6. The Balaban J connectivity index is 3.28. The lowest BCUT2D eigenvalue weighted by Gasteiger charge is -2.32. The lowest BCUT2D eigenvalue weighted by molar-refractivity contribution is 0.406. The van der Waals surface area contributed by atoms with E-state index in [1.54, 1.807) is 7.11 Å². The molecule has 1 aromatic rings. The van der Waals surface area contributed by atoms with E-state index in [2.05, 4.69) is 31.7 Å². The van der Waals surface area contributed by atoms with Crippen molar-refractivity contribution in [2.45, 2.75) is 46.2 Å². The van der Waals surface area contributed by atoms with E-state index in [4.69, 9.17) is 10.5 Å². The van der Waals surface area contributed by atoms with Gasteiger partial charge in [-0.3, -0.25) is 0 Å². The molecule has 102 valence electrons. The Labute approximate surface area is 111 Å². The Morgan fingerprint density at radius 3 is 2.39 bits per heavy atom. The Hall–Kier alpha value is -1.22. The number of methoxy groups -OCH3 is 1. The first-order chi connectivity index (χ1) is 8.52. The molecule has 0 radical (unpaired) electrons. The van der Waals surface area contributed by atoms with Gasteiger partial charge in [0.2, 0.25) is 0 Å². The summed E-state index contributed by atoms with van der Waals surface area (Å²) in [6.45, 7) is 9.65. The van der Waals surface area contributed by atoms with Crippen molar-refractivity contribution in [2.75, 3.05) is 18.6 Å². The van der Waals surface area contributed by atoms with Crippen LogP contribution in [0.4, 0.5) is 5.69 Å². The molecule has 0 amide bonds. The monoisotopic (exact) mass is 250 g/mol. The number of nitrogens with two attached hydrogens (primary N) is 1. The lowest BCUT2D eigenvalue weighted by atomic mass is 10.0. The second-order valence-corrected chi connectivity index (χ2v) is 4.97. The standard InChI is InChI=1S/C15H26N2O/c1-6-10-17(11(2)3)13-8-7-9-14(18-5)15(13)12(4)16/h7-9,11-12H,6,10,16H2,1-5H3/t12-/m1/s1. The van der Waals surface area contributed by atoms with Gasteiger partial charge in [0.1, 0.15) is 5.75 Å². The zero-order valence-electron chi connectivity index (χ0n) is 12.2. The molecule has 2 N–H and O–H groups in total. The van der Waals surface area contributed by atoms with Crippen LogP contribution >= 0.6 is 0 Å². The molecule has 0 spiro atoms. The number of benzene rings is 1. The predicted molar refractivity (Wildman–Crippen MR) is 78.4 cm³/mol. The molecule has 0 unspecified atom stereocenters. The third-order valence-electron chi connectivity index (χ3n) is 3.12. The van der Waals surface area contributed by atoms with Crippen LogP contribution in [0.1, 0.15) is 45.7 Å². The van der Waals surface area contributed by atoms with E-state index in [1.165, 1.54) is 5.69 Å². The van der Waals surface area contributed by atoms with Gasteiger partial charge in [0.15, 0.2) is 0 Å². The lowest BCUT2D eigenvalue weighted by Crippen LogP contribution is -2.33. The van der Waals surface area contributed by atoms with Crippen LogP contribution in [0.5, 0.6) is 5.75 Å². The minimum atomic E-state index is -0.0331. The van der Waals surface area contributed by atoms with Crippen molar-refractivity contribution < 1.29 is 4.74 Å². The van der Waals surface area contributed by atoms with E-state index < -0.39 is 0 Å². The summed E-state index contributed by atoms with van der Waals surface area (Å²) in [5.41, 5.74) is 8.41. The van der Waals surface area contributed by atoms with Gasteiger partial charge in [0.05, 0.1) is 7.11 Å². The van der Waals surface area contributed by atoms with Gasteiger partial charge >= 0.3 is 0 Å². The van der Waals surface area contributed by atoms with E-state index in [9.17, 15) is 0 Å². The first-order valence-corrected chi connectivity index (χ1v) is 6.72. The Kier molecular flexibility index (Phi) is 5.48. The number of hydrogen-bond acceptors (Lipinski definition) is 3. The third-order valence-corrected chi connectivity index (χ3v) is 3.12. The van der Waals surface area contributed by atoms with Crippen LogP contribution in [0.3, 0.4) is 0 Å². The molecule has 3 nitrogen and oxygen atoms in total. The molecule has 0 aliphatic carbocycles. The van der Waals surface area contributed by atoms with E-state index in [0.717, 1.165) is 24.3 Å². The van der Waals surface area contributed by atoms with Crippen LogP contribution in [0.2, 0.25) is 0 Å². The molecule has 0 saturated heterocycles. The summed E-state index contributed by atoms with van der Waals surface area (Å²) < 4.78 is 5.45. The molecule has 0 aliphatic heterocycles. The van der Waals surface area contributed by atoms with Gasteiger partial charge in [-0.1, -0.05) is 13.0 Å². The highest BCUT2D eigenvalue weighted by Crippen LogP contribution is 2.34. The van der Waals surface area contributed by atoms with E-state index >= 15 is 0 Å². The van der Waals surface area contributed by atoms with Crippen molar-refractivity contribution in [1.82, 2.24) is 0 Å². The Morgan fingerprint density at radius 1 is 1.28 bits per heavy atom. The highest BCUT2D eigenvalue weighted by molar-refractivity contribution is 5.61. The average molecular weight is 250 g/mol. The van der Waals surface area contributed by atoms with Crippen LogP contribution in [0.25, 0.3) is 0 Å². The molecule has 1 rings (SSSR count). The van der Waals surface area contributed by atoms with Crippen LogP contribution in [-0.4, -0.2) is 19.7 Å². The van der Waals surface area contributed by atoms with Crippen molar-refractivity contribution in [3.05, 3.63) is 23.8 Å². The minimum Gasteiger partial charge on any atom is -0.496 e. The quantitative estimate of drug-likeness (QED) is 0.841. The van der Waals surface area contributed by atoms with E-state index in [1.807, 2.05) is 19.1 Å². The summed E-state index contributed by atoms with van der Waals surface area (Å²) in [4.78, 5) is 2.39. The average Bonchev–Trinajstić information content (AvgIpc) is 2.34. The van der Waals surface area contributed by atoms with Crippen molar-refractivity contribution in [2.24, 2.45) is 5.73 Å². The Morgan fingerprint density at radius 2 is 1.94 bits per heavy atom. The van der Waals surface area contributed by atoms with Crippen LogP contribution in [-0.2, 0) is 0 Å². The molecule has 18 heavy (non-hydrogen) atoms. The molecule has 0 fully saturated rings. The Bertz CT molecular complexity index is 375. The number of nitrogens with zero attached hydrogens (tertiary/aromatic N) is 1. The predicted octanol–water partition coefficient (Wildman–Crippen LogP) is 3.34. The molecule has 1 atom stereocenters. The van der Waals surface area contributed by atoms with Gasteiger partial charge in [0.25, 0.3) is 0 Å². The fourth-order valence-corrected chi connectivity index (χ4v) is 2.32. The molecular weight excluding hydrogens is 224 g/mol. The number of ether oxygens (including phenoxy) is 1. The first kappa shape index (κ1) is 14.8. The van der Waals surface area contributed by atoms with Crippen LogP contribution in [0, 0.1) is 0 Å². The fourth-order valence-electron chi connectivity index (χ4n) is 2.32. The van der Waals surface area contributed by atoms with Crippen LogP contribution < -0.4 is 15.4 Å². The number of anilines is 1. The zero-order chi connectivity index (χ0) is 13.7. The normalized spacial score (nSPS) is 12.6. The topological polar surface area (TPSA) is 38.5 Å². The summed E-state index contributed by atoms with van der Waals surface area (Å²) in [5, 5.41) is 0.